The molecule has 1 saturated heterocycles. The first kappa shape index (κ1) is 21.8. The lowest BCUT2D eigenvalue weighted by atomic mass is 10.0. The van der Waals surface area contributed by atoms with E-state index in [-0.39, 0.29) is 18.0 Å². The van der Waals surface area contributed by atoms with Crippen molar-refractivity contribution in [3.63, 3.8) is 0 Å². The molecular formula is C26H24N6OS. The monoisotopic (exact) mass is 468 g/mol. The Kier molecular flexibility index (Phi) is 5.81. The van der Waals surface area contributed by atoms with Crippen LogP contribution in [-0.2, 0) is 4.79 Å². The summed E-state index contributed by atoms with van der Waals surface area (Å²) >= 11 is 5.82. The summed E-state index contributed by atoms with van der Waals surface area (Å²) in [6, 6.07) is 21.4. The molecule has 3 aromatic heterocycles. The second-order valence-corrected chi connectivity index (χ2v) is 8.61. The Bertz CT molecular complexity index is 1320. The molecule has 5 rings (SSSR count). The highest BCUT2D eigenvalue weighted by Crippen LogP contribution is 2.42. The molecule has 0 aliphatic carbocycles. The van der Waals surface area contributed by atoms with E-state index >= 15 is 0 Å². The standard InChI is InChI=1S/C26H24N6OS/c1-17-8-13-23(28-16-17)31-15-5-7-22(31)25-24(21-6-3-4-14-27-21)30-26(34)32(25)20-11-9-19(10-12-20)29-18(2)33/h3-16,24-25H,1-2H3,(H,29,33)(H,30,34). The van der Waals surface area contributed by atoms with Crippen LogP contribution < -0.4 is 15.5 Å². The van der Waals surface area contributed by atoms with Crippen LogP contribution in [0.5, 0.6) is 0 Å². The van der Waals surface area contributed by atoms with E-state index < -0.39 is 0 Å². The number of nitrogens with one attached hydrogen (secondary N) is 2. The van der Waals surface area contributed by atoms with E-state index in [2.05, 4.69) is 42.2 Å². The number of anilines is 2. The second kappa shape index (κ2) is 9.07. The van der Waals surface area contributed by atoms with Gasteiger partial charge in [-0.25, -0.2) is 4.98 Å². The highest BCUT2D eigenvalue weighted by atomic mass is 32.1. The van der Waals surface area contributed by atoms with Crippen molar-refractivity contribution in [2.45, 2.75) is 25.9 Å². The molecule has 170 valence electrons. The molecular weight excluding hydrogens is 444 g/mol. The van der Waals surface area contributed by atoms with Gasteiger partial charge in [0.15, 0.2) is 5.11 Å². The Hall–Kier alpha value is -4.04. The molecule has 2 atom stereocenters. The van der Waals surface area contributed by atoms with E-state index in [4.69, 9.17) is 12.2 Å². The summed E-state index contributed by atoms with van der Waals surface area (Å²) < 4.78 is 2.09. The van der Waals surface area contributed by atoms with Gasteiger partial charge in [0.05, 0.1) is 11.7 Å². The maximum atomic E-state index is 11.4. The molecule has 2 unspecified atom stereocenters. The van der Waals surface area contributed by atoms with Gasteiger partial charge < -0.3 is 20.1 Å². The summed E-state index contributed by atoms with van der Waals surface area (Å²) in [4.78, 5) is 22.8. The molecule has 0 radical (unpaired) electrons. The molecule has 8 heteroatoms. The number of hydrogen-bond acceptors (Lipinski definition) is 4. The van der Waals surface area contributed by atoms with E-state index in [1.165, 1.54) is 6.92 Å². The molecule has 1 aliphatic rings. The molecule has 0 spiro atoms. The number of pyridine rings is 2. The van der Waals surface area contributed by atoms with Crippen LogP contribution in [0.25, 0.3) is 5.82 Å². The van der Waals surface area contributed by atoms with Gasteiger partial charge in [0.2, 0.25) is 5.91 Å². The fourth-order valence-electron chi connectivity index (χ4n) is 4.29. The quantitative estimate of drug-likeness (QED) is 0.413. The number of rotatable bonds is 5. The van der Waals surface area contributed by atoms with Crippen molar-refractivity contribution in [2.75, 3.05) is 10.2 Å². The number of aryl methyl sites for hydroxylation is 1. The molecule has 1 amide bonds. The SMILES string of the molecule is CC(=O)Nc1ccc(N2C(=S)NC(c3ccccn3)C2c2cccn2-c2ccc(C)cn2)cc1. The third-order valence-electron chi connectivity index (χ3n) is 5.79. The summed E-state index contributed by atoms with van der Waals surface area (Å²) in [5.41, 5.74) is 4.69. The molecule has 1 aliphatic heterocycles. The first-order chi connectivity index (χ1) is 16.5. The summed E-state index contributed by atoms with van der Waals surface area (Å²) in [7, 11) is 0. The minimum Gasteiger partial charge on any atom is -0.351 e. The number of nitrogens with zero attached hydrogens (tertiary/aromatic N) is 4. The van der Waals surface area contributed by atoms with Crippen molar-refractivity contribution in [1.82, 2.24) is 19.9 Å². The Labute approximate surface area is 203 Å². The van der Waals surface area contributed by atoms with Gasteiger partial charge in [-0.15, -0.1) is 0 Å². The number of carbonyl (C=O) groups excluding carboxylic acids is 1. The maximum Gasteiger partial charge on any atom is 0.221 e. The van der Waals surface area contributed by atoms with Crippen molar-refractivity contribution in [2.24, 2.45) is 0 Å². The van der Waals surface area contributed by atoms with Crippen LogP contribution in [0.1, 0.15) is 36.0 Å². The third kappa shape index (κ3) is 4.15. The van der Waals surface area contributed by atoms with Crippen LogP contribution in [-0.4, -0.2) is 25.6 Å². The van der Waals surface area contributed by atoms with Crippen LogP contribution in [0.4, 0.5) is 11.4 Å². The van der Waals surface area contributed by atoms with E-state index in [0.717, 1.165) is 34.1 Å². The third-order valence-corrected chi connectivity index (χ3v) is 6.10. The first-order valence-corrected chi connectivity index (χ1v) is 11.4. The number of amides is 1. The van der Waals surface area contributed by atoms with E-state index in [0.29, 0.717) is 5.11 Å². The van der Waals surface area contributed by atoms with Crippen molar-refractivity contribution in [3.8, 4) is 5.82 Å². The smallest absolute Gasteiger partial charge is 0.221 e. The predicted octanol–water partition coefficient (Wildman–Crippen LogP) is 4.71. The number of thiocarbonyl (C=S) groups is 1. The van der Waals surface area contributed by atoms with E-state index in [1.807, 2.05) is 73.9 Å². The van der Waals surface area contributed by atoms with Gasteiger partial charge in [0, 0.05) is 42.6 Å². The van der Waals surface area contributed by atoms with Crippen LogP contribution in [0.15, 0.2) is 85.3 Å². The van der Waals surface area contributed by atoms with Crippen LogP contribution in [0, 0.1) is 6.92 Å². The molecule has 1 aromatic carbocycles. The Morgan fingerprint density at radius 3 is 2.53 bits per heavy atom. The normalized spacial score (nSPS) is 17.5. The van der Waals surface area contributed by atoms with E-state index in [1.54, 1.807) is 6.20 Å². The van der Waals surface area contributed by atoms with Crippen LogP contribution in [0.3, 0.4) is 0 Å². The lowest BCUT2D eigenvalue weighted by Crippen LogP contribution is -2.30. The Morgan fingerprint density at radius 2 is 1.85 bits per heavy atom. The van der Waals surface area contributed by atoms with E-state index in [9.17, 15) is 4.79 Å². The van der Waals surface area contributed by atoms with Crippen molar-refractivity contribution < 1.29 is 4.79 Å². The van der Waals surface area contributed by atoms with Crippen molar-refractivity contribution >= 4 is 34.6 Å². The molecule has 2 N–H and O–H groups in total. The lowest BCUT2D eigenvalue weighted by Gasteiger charge is -2.29. The summed E-state index contributed by atoms with van der Waals surface area (Å²) in [6.45, 7) is 3.52. The molecule has 7 nitrogen and oxygen atoms in total. The Balaban J connectivity index is 1.61. The van der Waals surface area contributed by atoms with Gasteiger partial charge in [0.25, 0.3) is 0 Å². The topological polar surface area (TPSA) is 75.1 Å². The maximum absolute atomic E-state index is 11.4. The van der Waals surface area contributed by atoms with Crippen molar-refractivity contribution in [1.29, 1.82) is 0 Å². The van der Waals surface area contributed by atoms with Gasteiger partial charge in [0.1, 0.15) is 11.9 Å². The van der Waals surface area contributed by atoms with Crippen molar-refractivity contribution in [3.05, 3.63) is 102 Å². The number of hydrogen-bond donors (Lipinski definition) is 2. The summed E-state index contributed by atoms with van der Waals surface area (Å²) in [5, 5.41) is 6.91. The minimum atomic E-state index is -0.174. The van der Waals surface area contributed by atoms with Crippen LogP contribution in [0.2, 0.25) is 0 Å². The highest BCUT2D eigenvalue weighted by molar-refractivity contribution is 7.80. The number of carbonyl (C=O) groups is 1. The lowest BCUT2D eigenvalue weighted by molar-refractivity contribution is -0.114. The summed E-state index contributed by atoms with van der Waals surface area (Å²) in [5.74, 6) is 0.728. The molecule has 4 heterocycles. The highest BCUT2D eigenvalue weighted by Gasteiger charge is 2.42. The minimum absolute atomic E-state index is 0.109. The molecule has 34 heavy (non-hydrogen) atoms. The number of aromatic nitrogens is 3. The van der Waals surface area contributed by atoms with Gasteiger partial charge in [-0.3, -0.25) is 9.78 Å². The predicted molar refractivity (Wildman–Crippen MR) is 137 cm³/mol. The largest absolute Gasteiger partial charge is 0.351 e. The second-order valence-electron chi connectivity index (χ2n) is 8.22. The number of benzene rings is 1. The summed E-state index contributed by atoms with van der Waals surface area (Å²) in [6.07, 6.45) is 5.68. The van der Waals surface area contributed by atoms with Gasteiger partial charge in [-0.05, 0) is 79.3 Å². The fourth-order valence-corrected chi connectivity index (χ4v) is 4.63. The molecule has 0 bridgehead atoms. The first-order valence-electron chi connectivity index (χ1n) is 11.0. The van der Waals surface area contributed by atoms with Crippen LogP contribution >= 0.6 is 12.2 Å². The van der Waals surface area contributed by atoms with Gasteiger partial charge in [-0.2, -0.15) is 0 Å². The average Bonchev–Trinajstić information content (AvgIpc) is 3.45. The van der Waals surface area contributed by atoms with Gasteiger partial charge >= 0.3 is 0 Å². The molecule has 4 aromatic rings. The Morgan fingerprint density at radius 1 is 1.03 bits per heavy atom. The fraction of sp³-hybridized carbons (Fsp3) is 0.154. The zero-order valence-corrected chi connectivity index (χ0v) is 19.7. The van der Waals surface area contributed by atoms with Gasteiger partial charge in [-0.1, -0.05) is 12.1 Å². The molecule has 0 saturated carbocycles. The molecule has 1 fully saturated rings. The zero-order chi connectivity index (χ0) is 23.7. The average molecular weight is 469 g/mol. The zero-order valence-electron chi connectivity index (χ0n) is 18.8.